The number of hydrogen-bond acceptors (Lipinski definition) is 4. The van der Waals surface area contributed by atoms with Crippen LogP contribution in [0.15, 0.2) is 18.2 Å². The van der Waals surface area contributed by atoms with Crippen molar-refractivity contribution in [3.63, 3.8) is 0 Å². The van der Waals surface area contributed by atoms with E-state index in [4.69, 9.17) is 13.3 Å². The summed E-state index contributed by atoms with van der Waals surface area (Å²) in [4.78, 5) is 0. The minimum atomic E-state index is -2.73. The third kappa shape index (κ3) is 6.10. The lowest BCUT2D eigenvalue weighted by Crippen LogP contribution is -2.49. The van der Waals surface area contributed by atoms with E-state index in [1.165, 1.54) is 11.1 Å². The zero-order valence-corrected chi connectivity index (χ0v) is 18.0. The van der Waals surface area contributed by atoms with Gasteiger partial charge in [-0.25, -0.2) is 0 Å². The lowest BCUT2D eigenvalue weighted by Gasteiger charge is -2.31. The van der Waals surface area contributed by atoms with Gasteiger partial charge in [-0.3, -0.25) is 0 Å². The normalized spacial score (nSPS) is 12.2. The molecule has 0 spiro atoms. The van der Waals surface area contributed by atoms with Gasteiger partial charge in [-0.2, -0.15) is 12.6 Å². The van der Waals surface area contributed by atoms with E-state index in [2.05, 4.69) is 58.5 Å². The van der Waals surface area contributed by atoms with E-state index in [1.807, 2.05) is 13.8 Å². The predicted octanol–water partition coefficient (Wildman–Crippen LogP) is 5.64. The van der Waals surface area contributed by atoms with E-state index in [-0.39, 0.29) is 0 Å². The Balaban J connectivity index is 3.19. The van der Waals surface area contributed by atoms with Crippen molar-refractivity contribution in [2.75, 3.05) is 19.0 Å². The van der Waals surface area contributed by atoms with Crippen LogP contribution in [0.5, 0.6) is 5.75 Å². The highest BCUT2D eigenvalue weighted by atomic mass is 32.1. The molecule has 0 aliphatic heterocycles. The van der Waals surface area contributed by atoms with Gasteiger partial charge < -0.3 is 13.3 Å². The fourth-order valence-electron chi connectivity index (χ4n) is 2.67. The lowest BCUT2D eigenvalue weighted by atomic mass is 9.95. The Labute approximate surface area is 154 Å². The van der Waals surface area contributed by atoms with Crippen LogP contribution in [-0.2, 0) is 8.85 Å². The highest BCUT2D eigenvalue weighted by Gasteiger charge is 2.43. The van der Waals surface area contributed by atoms with Gasteiger partial charge in [-0.05, 0) is 55.1 Å². The summed E-state index contributed by atoms with van der Waals surface area (Å²) in [6.45, 7) is 14.0. The molecule has 1 aromatic rings. The third-order valence-corrected chi connectivity index (χ3v) is 7.23. The Bertz CT molecular complexity index is 486. The van der Waals surface area contributed by atoms with Crippen molar-refractivity contribution in [2.45, 2.75) is 65.8 Å². The van der Waals surface area contributed by atoms with Crippen LogP contribution in [0.2, 0.25) is 6.04 Å². The summed E-state index contributed by atoms with van der Waals surface area (Å²) in [5.74, 6) is 2.60. The Hall–Kier alpha value is -0.493. The Morgan fingerprint density at radius 3 is 2.08 bits per heavy atom. The molecule has 0 bridgehead atoms. The Kier molecular flexibility index (Phi) is 9.42. The first-order chi connectivity index (χ1) is 11.4. The summed E-state index contributed by atoms with van der Waals surface area (Å²) >= 11 is 4.34. The predicted molar refractivity (Wildman–Crippen MR) is 108 cm³/mol. The SMILES string of the molecule is CCO[Si](CCCS)(OCC)Oc1ccc(C(C)C)cc1C(C)C. The Morgan fingerprint density at radius 2 is 1.62 bits per heavy atom. The second-order valence-corrected chi connectivity index (χ2v) is 9.68. The van der Waals surface area contributed by atoms with Crippen molar-refractivity contribution in [3.05, 3.63) is 29.3 Å². The molecule has 0 aromatic heterocycles. The van der Waals surface area contributed by atoms with E-state index in [9.17, 15) is 0 Å². The highest BCUT2D eigenvalue weighted by molar-refractivity contribution is 7.80. The van der Waals surface area contributed by atoms with Crippen molar-refractivity contribution >= 4 is 21.4 Å². The summed E-state index contributed by atoms with van der Waals surface area (Å²) in [5.41, 5.74) is 2.56. The molecule has 0 unspecified atom stereocenters. The van der Waals surface area contributed by atoms with Crippen molar-refractivity contribution < 1.29 is 13.3 Å². The van der Waals surface area contributed by atoms with Crippen LogP contribution in [0.3, 0.4) is 0 Å². The minimum absolute atomic E-state index is 0.388. The first kappa shape index (κ1) is 21.5. The number of thiol groups is 1. The van der Waals surface area contributed by atoms with Crippen LogP contribution in [0, 0.1) is 0 Å². The molecule has 5 heteroatoms. The molecule has 138 valence electrons. The van der Waals surface area contributed by atoms with E-state index < -0.39 is 8.80 Å². The van der Waals surface area contributed by atoms with Gasteiger partial charge in [0, 0.05) is 19.3 Å². The smallest absolute Gasteiger partial charge is 0.500 e. The van der Waals surface area contributed by atoms with Gasteiger partial charge in [0.15, 0.2) is 0 Å². The molecule has 0 saturated heterocycles. The molecule has 1 aromatic carbocycles. The van der Waals surface area contributed by atoms with Gasteiger partial charge in [-0.1, -0.05) is 39.8 Å². The van der Waals surface area contributed by atoms with Gasteiger partial charge in [0.25, 0.3) is 0 Å². The second-order valence-electron chi connectivity index (χ2n) is 6.58. The topological polar surface area (TPSA) is 27.7 Å². The summed E-state index contributed by atoms with van der Waals surface area (Å²) in [5, 5.41) is 0. The average Bonchev–Trinajstić information content (AvgIpc) is 2.53. The number of rotatable bonds is 11. The number of hydrogen-bond donors (Lipinski definition) is 1. The molecule has 0 fully saturated rings. The van der Waals surface area contributed by atoms with Crippen molar-refractivity contribution in [1.82, 2.24) is 0 Å². The van der Waals surface area contributed by atoms with E-state index in [0.717, 1.165) is 24.0 Å². The fourth-order valence-corrected chi connectivity index (χ4v) is 5.73. The van der Waals surface area contributed by atoms with Crippen molar-refractivity contribution in [2.24, 2.45) is 0 Å². The summed E-state index contributed by atoms with van der Waals surface area (Å²) in [6, 6.07) is 7.30. The molecule has 0 atom stereocenters. The molecule has 0 amide bonds. The fraction of sp³-hybridized carbons (Fsp3) is 0.684. The molecule has 0 saturated carbocycles. The van der Waals surface area contributed by atoms with E-state index in [0.29, 0.717) is 25.0 Å². The summed E-state index contributed by atoms with van der Waals surface area (Å²) < 4.78 is 18.6. The zero-order valence-electron chi connectivity index (χ0n) is 16.1. The quantitative estimate of drug-likeness (QED) is 0.403. The van der Waals surface area contributed by atoms with Gasteiger partial charge in [0.2, 0.25) is 0 Å². The molecule has 1 rings (SSSR count). The van der Waals surface area contributed by atoms with E-state index in [1.54, 1.807) is 0 Å². The summed E-state index contributed by atoms with van der Waals surface area (Å²) in [7, 11) is -2.73. The largest absolute Gasteiger partial charge is 0.566 e. The molecule has 0 heterocycles. The lowest BCUT2D eigenvalue weighted by molar-refractivity contribution is 0.116. The zero-order chi connectivity index (χ0) is 18.2. The van der Waals surface area contributed by atoms with Crippen LogP contribution in [0.4, 0.5) is 0 Å². The van der Waals surface area contributed by atoms with Gasteiger partial charge in [0.1, 0.15) is 5.75 Å². The van der Waals surface area contributed by atoms with E-state index >= 15 is 0 Å². The molecule has 0 aliphatic carbocycles. The second kappa shape index (κ2) is 10.5. The third-order valence-electron chi connectivity index (χ3n) is 3.96. The minimum Gasteiger partial charge on any atom is -0.500 e. The van der Waals surface area contributed by atoms with Crippen LogP contribution in [0.25, 0.3) is 0 Å². The highest BCUT2D eigenvalue weighted by Crippen LogP contribution is 2.33. The number of benzene rings is 1. The van der Waals surface area contributed by atoms with Gasteiger partial charge in [-0.15, -0.1) is 0 Å². The molecule has 0 radical (unpaired) electrons. The Morgan fingerprint density at radius 1 is 1.00 bits per heavy atom. The average molecular weight is 371 g/mol. The van der Waals surface area contributed by atoms with Gasteiger partial charge in [0.05, 0.1) is 0 Å². The first-order valence-corrected chi connectivity index (χ1v) is 11.7. The maximum absolute atomic E-state index is 6.47. The molecule has 0 aliphatic rings. The molecule has 24 heavy (non-hydrogen) atoms. The van der Waals surface area contributed by atoms with Crippen molar-refractivity contribution in [1.29, 1.82) is 0 Å². The maximum atomic E-state index is 6.47. The van der Waals surface area contributed by atoms with Gasteiger partial charge >= 0.3 is 8.80 Å². The van der Waals surface area contributed by atoms with Crippen LogP contribution in [0.1, 0.15) is 70.9 Å². The summed E-state index contributed by atoms with van der Waals surface area (Å²) in [6.07, 6.45) is 0.927. The molecular formula is C19H34O3SSi. The van der Waals surface area contributed by atoms with Crippen LogP contribution in [-0.4, -0.2) is 27.8 Å². The van der Waals surface area contributed by atoms with Crippen molar-refractivity contribution in [3.8, 4) is 5.75 Å². The first-order valence-electron chi connectivity index (χ1n) is 9.10. The van der Waals surface area contributed by atoms with Crippen LogP contribution >= 0.6 is 12.6 Å². The van der Waals surface area contributed by atoms with Crippen LogP contribution < -0.4 is 4.43 Å². The molecular weight excluding hydrogens is 336 g/mol. The standard InChI is InChI=1S/C19H34O3SSi/c1-7-20-24(21-8-2,13-9-12-23)22-19-11-10-17(15(3)4)14-18(19)16(5)6/h10-11,14-16,23H,7-9,12-13H2,1-6H3. The maximum Gasteiger partial charge on any atom is 0.566 e. The molecule has 0 N–H and O–H groups in total. The monoisotopic (exact) mass is 370 g/mol. The molecule has 3 nitrogen and oxygen atoms in total.